The van der Waals surface area contributed by atoms with Crippen LogP contribution in [0.15, 0.2) is 58.3 Å². The number of H-pyrrole nitrogens is 1. The molecule has 1 aliphatic rings. The van der Waals surface area contributed by atoms with Gasteiger partial charge in [0.2, 0.25) is 9.84 Å². The summed E-state index contributed by atoms with van der Waals surface area (Å²) in [6.45, 7) is 1.57. The van der Waals surface area contributed by atoms with Gasteiger partial charge < -0.3 is 15.4 Å². The second kappa shape index (κ2) is 8.08. The number of hydrogen-bond donors (Lipinski definition) is 3. The minimum Gasteiger partial charge on any atom is -0.481 e. The number of fused-ring (bicyclic) bond motifs is 1. The van der Waals surface area contributed by atoms with E-state index < -0.39 is 27.5 Å². The second-order valence-electron chi connectivity index (χ2n) is 7.38. The Kier molecular flexibility index (Phi) is 5.43. The van der Waals surface area contributed by atoms with Crippen LogP contribution in [-0.2, 0) is 25.8 Å². The second-order valence-corrected chi connectivity index (χ2v) is 9.27. The van der Waals surface area contributed by atoms with E-state index in [1.165, 1.54) is 36.4 Å². The smallest absolute Gasteiger partial charge is 0.303 e. The molecule has 3 aromatic rings. The van der Waals surface area contributed by atoms with Crippen LogP contribution in [0.5, 0.6) is 0 Å². The van der Waals surface area contributed by atoms with Gasteiger partial charge in [0.1, 0.15) is 5.82 Å². The van der Waals surface area contributed by atoms with Crippen LogP contribution in [0.4, 0.5) is 10.1 Å². The summed E-state index contributed by atoms with van der Waals surface area (Å²) in [5.41, 5.74) is 1.81. The standard InChI is InChI=1S/C23H19FN2O5S/c1-13-22(32(30,31)15-5-3-2-4-6-15)16(8-10-21(27)28)20(25-13)12-18-17-11-14(24)7-9-19(17)26-23(18)29/h2-7,9,11-12,25H,8,10H2,1H3,(H,26,29)(H,27,28). The van der Waals surface area contributed by atoms with Gasteiger partial charge in [0, 0.05) is 29.1 Å². The molecule has 3 N–H and O–H groups in total. The molecule has 164 valence electrons. The molecule has 0 fully saturated rings. The van der Waals surface area contributed by atoms with Crippen LogP contribution in [0.1, 0.15) is 28.9 Å². The molecule has 0 spiro atoms. The van der Waals surface area contributed by atoms with E-state index in [0.29, 0.717) is 22.6 Å². The molecule has 0 saturated heterocycles. The molecule has 0 radical (unpaired) electrons. The lowest BCUT2D eigenvalue weighted by Gasteiger charge is -2.08. The Hall–Kier alpha value is -3.72. The van der Waals surface area contributed by atoms with Crippen molar-refractivity contribution in [3.63, 3.8) is 0 Å². The van der Waals surface area contributed by atoms with Crippen molar-refractivity contribution in [2.75, 3.05) is 5.32 Å². The van der Waals surface area contributed by atoms with E-state index in [0.717, 1.165) is 0 Å². The zero-order valence-corrected chi connectivity index (χ0v) is 17.8. The lowest BCUT2D eigenvalue weighted by atomic mass is 10.0. The number of aliphatic carboxylic acids is 1. The van der Waals surface area contributed by atoms with E-state index in [4.69, 9.17) is 0 Å². The Bertz CT molecular complexity index is 1370. The maximum absolute atomic E-state index is 13.8. The lowest BCUT2D eigenvalue weighted by molar-refractivity contribution is -0.137. The highest BCUT2D eigenvalue weighted by Crippen LogP contribution is 2.36. The summed E-state index contributed by atoms with van der Waals surface area (Å²) in [5, 5.41) is 11.8. The molecule has 0 aliphatic carbocycles. The molecule has 7 nitrogen and oxygen atoms in total. The first-order valence-electron chi connectivity index (χ1n) is 9.75. The molecular formula is C23H19FN2O5S. The van der Waals surface area contributed by atoms with Crippen LogP contribution in [0, 0.1) is 12.7 Å². The van der Waals surface area contributed by atoms with Gasteiger partial charge in [-0.1, -0.05) is 18.2 Å². The fourth-order valence-electron chi connectivity index (χ4n) is 3.82. The van der Waals surface area contributed by atoms with Crippen molar-refractivity contribution >= 4 is 39.1 Å². The molecule has 0 saturated carbocycles. The lowest BCUT2D eigenvalue weighted by Crippen LogP contribution is -2.08. The molecule has 2 aromatic carbocycles. The van der Waals surface area contributed by atoms with Crippen molar-refractivity contribution in [1.82, 2.24) is 4.98 Å². The summed E-state index contributed by atoms with van der Waals surface area (Å²) in [4.78, 5) is 26.8. The highest BCUT2D eigenvalue weighted by atomic mass is 32.2. The number of halogens is 1. The highest BCUT2D eigenvalue weighted by molar-refractivity contribution is 7.91. The largest absolute Gasteiger partial charge is 0.481 e. The van der Waals surface area contributed by atoms with Crippen LogP contribution in [0.25, 0.3) is 11.6 Å². The number of aromatic amines is 1. The van der Waals surface area contributed by atoms with Gasteiger partial charge in [-0.2, -0.15) is 0 Å². The number of aryl methyl sites for hydroxylation is 1. The average Bonchev–Trinajstić information content (AvgIpc) is 3.23. The van der Waals surface area contributed by atoms with Gasteiger partial charge >= 0.3 is 5.97 Å². The number of amides is 1. The number of hydrogen-bond acceptors (Lipinski definition) is 4. The molecule has 1 aromatic heterocycles. The van der Waals surface area contributed by atoms with E-state index in [-0.39, 0.29) is 33.8 Å². The topological polar surface area (TPSA) is 116 Å². The molecular weight excluding hydrogens is 435 g/mol. The summed E-state index contributed by atoms with van der Waals surface area (Å²) in [6, 6.07) is 11.7. The van der Waals surface area contributed by atoms with Gasteiger partial charge in [0.15, 0.2) is 0 Å². The third kappa shape index (κ3) is 3.82. The Morgan fingerprint density at radius 3 is 2.56 bits per heavy atom. The fraction of sp³-hybridized carbons (Fsp3) is 0.130. The van der Waals surface area contributed by atoms with Gasteiger partial charge in [0.25, 0.3) is 5.91 Å². The van der Waals surface area contributed by atoms with Gasteiger partial charge in [-0.15, -0.1) is 0 Å². The highest BCUT2D eigenvalue weighted by Gasteiger charge is 2.30. The summed E-state index contributed by atoms with van der Waals surface area (Å²) in [5.74, 6) is -2.07. The zero-order chi connectivity index (χ0) is 23.0. The van der Waals surface area contributed by atoms with Crippen molar-refractivity contribution in [1.29, 1.82) is 0 Å². The van der Waals surface area contributed by atoms with Crippen LogP contribution in [0.2, 0.25) is 0 Å². The van der Waals surface area contributed by atoms with Crippen molar-refractivity contribution in [3.8, 4) is 0 Å². The number of carbonyl (C=O) groups is 2. The van der Waals surface area contributed by atoms with Crippen molar-refractivity contribution in [2.24, 2.45) is 0 Å². The normalized spacial score (nSPS) is 14.4. The third-order valence-corrected chi connectivity index (χ3v) is 7.21. The van der Waals surface area contributed by atoms with Crippen molar-refractivity contribution in [3.05, 3.63) is 76.9 Å². The summed E-state index contributed by atoms with van der Waals surface area (Å²) < 4.78 is 40.5. The number of carboxylic acid groups (broad SMARTS) is 1. The molecule has 0 unspecified atom stereocenters. The number of benzene rings is 2. The van der Waals surface area contributed by atoms with Crippen LogP contribution >= 0.6 is 0 Å². The molecule has 32 heavy (non-hydrogen) atoms. The van der Waals surface area contributed by atoms with Gasteiger partial charge in [0.05, 0.1) is 15.4 Å². The first-order chi connectivity index (χ1) is 15.2. The number of sulfone groups is 1. The number of rotatable bonds is 6. The number of carbonyl (C=O) groups excluding carboxylic acids is 1. The number of anilines is 1. The summed E-state index contributed by atoms with van der Waals surface area (Å²) in [6.07, 6.45) is 1.06. The SMILES string of the molecule is Cc1[nH]c(C=C2C(=O)Nc3ccc(F)cc32)c(CCC(=O)O)c1S(=O)(=O)c1ccccc1. The molecule has 0 bridgehead atoms. The molecule has 1 aliphatic heterocycles. The van der Waals surface area contributed by atoms with Crippen LogP contribution < -0.4 is 5.32 Å². The monoisotopic (exact) mass is 454 g/mol. The fourth-order valence-corrected chi connectivity index (χ4v) is 5.56. The number of carboxylic acids is 1. The molecule has 9 heteroatoms. The number of aromatic nitrogens is 1. The molecule has 0 atom stereocenters. The Morgan fingerprint density at radius 1 is 1.16 bits per heavy atom. The maximum atomic E-state index is 13.8. The minimum absolute atomic E-state index is 0.0188. The average molecular weight is 454 g/mol. The van der Waals surface area contributed by atoms with Gasteiger partial charge in [-0.25, -0.2) is 12.8 Å². The van der Waals surface area contributed by atoms with E-state index in [1.54, 1.807) is 25.1 Å². The minimum atomic E-state index is -3.96. The zero-order valence-electron chi connectivity index (χ0n) is 17.0. The van der Waals surface area contributed by atoms with Gasteiger partial charge in [-0.05, 0) is 55.3 Å². The first kappa shape index (κ1) is 21.5. The molecule has 4 rings (SSSR count). The van der Waals surface area contributed by atoms with E-state index in [9.17, 15) is 27.5 Å². The Labute approximate surface area is 183 Å². The van der Waals surface area contributed by atoms with Crippen LogP contribution in [0.3, 0.4) is 0 Å². The Morgan fingerprint density at radius 2 is 1.88 bits per heavy atom. The van der Waals surface area contributed by atoms with E-state index in [2.05, 4.69) is 10.3 Å². The molecule has 2 heterocycles. The predicted octanol–water partition coefficient (Wildman–Crippen LogP) is 3.80. The third-order valence-electron chi connectivity index (χ3n) is 5.23. The first-order valence-corrected chi connectivity index (χ1v) is 11.2. The molecule has 1 amide bonds. The van der Waals surface area contributed by atoms with Gasteiger partial charge in [-0.3, -0.25) is 9.59 Å². The van der Waals surface area contributed by atoms with Crippen molar-refractivity contribution < 1.29 is 27.5 Å². The maximum Gasteiger partial charge on any atom is 0.303 e. The summed E-state index contributed by atoms with van der Waals surface area (Å²) in [7, 11) is -3.96. The quantitative estimate of drug-likeness (QED) is 0.490. The van der Waals surface area contributed by atoms with E-state index in [1.807, 2.05) is 0 Å². The summed E-state index contributed by atoms with van der Waals surface area (Å²) >= 11 is 0. The Balaban J connectivity index is 1.90. The predicted molar refractivity (Wildman–Crippen MR) is 116 cm³/mol. The number of nitrogens with one attached hydrogen (secondary N) is 2. The van der Waals surface area contributed by atoms with Crippen molar-refractivity contribution in [2.45, 2.75) is 29.6 Å². The van der Waals surface area contributed by atoms with Crippen LogP contribution in [-0.4, -0.2) is 30.4 Å². The van der Waals surface area contributed by atoms with E-state index >= 15 is 0 Å².